The summed E-state index contributed by atoms with van der Waals surface area (Å²) < 4.78 is 4.71. The van der Waals surface area contributed by atoms with E-state index in [-0.39, 0.29) is 5.97 Å². The second kappa shape index (κ2) is 8.97. The van der Waals surface area contributed by atoms with E-state index in [0.717, 1.165) is 19.3 Å². The average Bonchev–Trinajstić information content (AvgIpc) is 2.30. The molecule has 1 rings (SSSR count). The largest absolute Gasteiger partial charge is 0.393 e. The molecule has 0 atom stereocenters. The van der Waals surface area contributed by atoms with Gasteiger partial charge in [0.1, 0.15) is 0 Å². The highest BCUT2D eigenvalue weighted by atomic mass is 16.6. The van der Waals surface area contributed by atoms with Crippen molar-refractivity contribution in [2.75, 3.05) is 0 Å². The number of rotatable bonds is 0. The standard InChI is InChI=1S/C14H22O3/c15-13-11-9-7-5-3-1-2-4-6-8-10-12-14(16)17-13/h5,7H,1-4,6,8-12H2/b7-5+. The normalized spacial score (nSPS) is 23.3. The highest BCUT2D eigenvalue weighted by Crippen LogP contribution is 2.10. The first kappa shape index (κ1) is 13.9. The van der Waals surface area contributed by atoms with E-state index >= 15 is 0 Å². The van der Waals surface area contributed by atoms with Crippen molar-refractivity contribution in [1.29, 1.82) is 0 Å². The highest BCUT2D eigenvalue weighted by Gasteiger charge is 2.09. The van der Waals surface area contributed by atoms with E-state index in [1.165, 1.54) is 25.7 Å². The molecule has 3 heteroatoms. The molecule has 0 aliphatic carbocycles. The monoisotopic (exact) mass is 238 g/mol. The summed E-state index contributed by atoms with van der Waals surface area (Å²) in [6.07, 6.45) is 13.4. The fraction of sp³-hybridized carbons (Fsp3) is 0.714. The second-order valence-electron chi connectivity index (χ2n) is 4.52. The molecule has 0 spiro atoms. The molecule has 0 amide bonds. The van der Waals surface area contributed by atoms with Gasteiger partial charge in [0.25, 0.3) is 0 Å². The molecule has 0 N–H and O–H groups in total. The molecule has 0 unspecified atom stereocenters. The van der Waals surface area contributed by atoms with Gasteiger partial charge in [-0.3, -0.25) is 9.59 Å². The number of cyclic esters (lactones) is 2. The summed E-state index contributed by atoms with van der Waals surface area (Å²) in [5, 5.41) is 0. The van der Waals surface area contributed by atoms with E-state index in [1.807, 2.05) is 6.08 Å². The lowest BCUT2D eigenvalue weighted by Crippen LogP contribution is -2.11. The van der Waals surface area contributed by atoms with Crippen molar-refractivity contribution >= 4 is 11.9 Å². The Bertz CT molecular complexity index is 269. The molecule has 17 heavy (non-hydrogen) atoms. The van der Waals surface area contributed by atoms with Crippen molar-refractivity contribution in [2.45, 2.75) is 64.2 Å². The second-order valence-corrected chi connectivity index (χ2v) is 4.52. The van der Waals surface area contributed by atoms with Crippen LogP contribution in [0.4, 0.5) is 0 Å². The fourth-order valence-corrected chi connectivity index (χ4v) is 1.90. The molecule has 1 heterocycles. The minimum atomic E-state index is -0.394. The first-order chi connectivity index (χ1) is 8.29. The molecule has 0 radical (unpaired) electrons. The maximum Gasteiger partial charge on any atom is 0.313 e. The van der Waals surface area contributed by atoms with Crippen LogP contribution in [-0.2, 0) is 14.3 Å². The van der Waals surface area contributed by atoms with Crippen molar-refractivity contribution in [1.82, 2.24) is 0 Å². The smallest absolute Gasteiger partial charge is 0.313 e. The number of carbonyl (C=O) groups is 2. The van der Waals surface area contributed by atoms with Crippen LogP contribution in [0.3, 0.4) is 0 Å². The minimum absolute atomic E-state index is 0.308. The lowest BCUT2D eigenvalue weighted by molar-refractivity contribution is -0.159. The Morgan fingerprint density at radius 2 is 1.29 bits per heavy atom. The summed E-state index contributed by atoms with van der Waals surface area (Å²) in [5.41, 5.74) is 0. The molecule has 1 aliphatic rings. The first-order valence-corrected chi connectivity index (χ1v) is 6.67. The molecule has 0 bridgehead atoms. The number of carbonyl (C=O) groups excluding carboxylic acids is 2. The topological polar surface area (TPSA) is 43.4 Å². The van der Waals surface area contributed by atoms with Crippen LogP contribution in [0.5, 0.6) is 0 Å². The molecule has 0 saturated heterocycles. The molecule has 0 aromatic rings. The van der Waals surface area contributed by atoms with Gasteiger partial charge in [0.05, 0.1) is 0 Å². The molecule has 0 aromatic carbocycles. The quantitative estimate of drug-likeness (QED) is 0.368. The van der Waals surface area contributed by atoms with E-state index in [0.29, 0.717) is 19.3 Å². The average molecular weight is 238 g/mol. The van der Waals surface area contributed by atoms with Gasteiger partial charge in [-0.2, -0.15) is 0 Å². The van der Waals surface area contributed by atoms with Crippen LogP contribution in [0.1, 0.15) is 64.2 Å². The third kappa shape index (κ3) is 7.72. The molecular formula is C14H22O3. The van der Waals surface area contributed by atoms with Crippen LogP contribution >= 0.6 is 0 Å². The summed E-state index contributed by atoms with van der Waals surface area (Å²) in [7, 11) is 0. The maximum absolute atomic E-state index is 11.3. The number of ether oxygens (including phenoxy) is 1. The lowest BCUT2D eigenvalue weighted by Gasteiger charge is -2.02. The predicted molar refractivity (Wildman–Crippen MR) is 66.4 cm³/mol. The number of hydrogen-bond donors (Lipinski definition) is 0. The third-order valence-electron chi connectivity index (χ3n) is 2.91. The van der Waals surface area contributed by atoms with Crippen LogP contribution < -0.4 is 0 Å². The van der Waals surface area contributed by atoms with E-state index in [9.17, 15) is 9.59 Å². The maximum atomic E-state index is 11.3. The van der Waals surface area contributed by atoms with Gasteiger partial charge in [0.15, 0.2) is 0 Å². The zero-order valence-corrected chi connectivity index (χ0v) is 10.5. The van der Waals surface area contributed by atoms with Gasteiger partial charge in [-0.25, -0.2) is 0 Å². The summed E-state index contributed by atoms with van der Waals surface area (Å²) in [4.78, 5) is 22.5. The van der Waals surface area contributed by atoms with Crippen molar-refractivity contribution in [2.24, 2.45) is 0 Å². The van der Waals surface area contributed by atoms with Crippen LogP contribution in [-0.4, -0.2) is 11.9 Å². The number of esters is 2. The SMILES string of the molecule is O=C1CC/C=C/CCCCCCCCC(=O)O1. The fourth-order valence-electron chi connectivity index (χ4n) is 1.90. The first-order valence-electron chi connectivity index (χ1n) is 6.67. The van der Waals surface area contributed by atoms with Gasteiger partial charge in [-0.1, -0.05) is 37.8 Å². The van der Waals surface area contributed by atoms with Crippen LogP contribution in [0, 0.1) is 0 Å². The summed E-state index contributed by atoms with van der Waals surface area (Å²) in [6.45, 7) is 0. The Kier molecular flexibility index (Phi) is 7.35. The Balaban J connectivity index is 2.33. The van der Waals surface area contributed by atoms with Crippen LogP contribution in [0.2, 0.25) is 0 Å². The van der Waals surface area contributed by atoms with Gasteiger partial charge in [-0.05, 0) is 25.7 Å². The van der Waals surface area contributed by atoms with Crippen LogP contribution in [0.25, 0.3) is 0 Å². The van der Waals surface area contributed by atoms with E-state index < -0.39 is 5.97 Å². The van der Waals surface area contributed by atoms with Crippen molar-refractivity contribution < 1.29 is 14.3 Å². The minimum Gasteiger partial charge on any atom is -0.393 e. The van der Waals surface area contributed by atoms with Crippen LogP contribution in [0.15, 0.2) is 12.2 Å². The Morgan fingerprint density at radius 1 is 0.706 bits per heavy atom. The zero-order chi connectivity index (χ0) is 12.3. The van der Waals surface area contributed by atoms with E-state index in [4.69, 9.17) is 4.74 Å². The Labute approximate surface area is 103 Å². The summed E-state index contributed by atoms with van der Waals surface area (Å²) >= 11 is 0. The summed E-state index contributed by atoms with van der Waals surface area (Å²) in [5.74, 6) is -0.761. The Hall–Kier alpha value is -1.12. The van der Waals surface area contributed by atoms with Crippen molar-refractivity contribution in [3.8, 4) is 0 Å². The molecular weight excluding hydrogens is 216 g/mol. The molecule has 0 saturated carbocycles. The highest BCUT2D eigenvalue weighted by molar-refractivity contribution is 5.85. The van der Waals surface area contributed by atoms with Crippen molar-refractivity contribution in [3.05, 3.63) is 12.2 Å². The predicted octanol–water partition coefficient (Wildman–Crippen LogP) is 3.53. The molecule has 1 aliphatic heterocycles. The third-order valence-corrected chi connectivity index (χ3v) is 2.91. The molecule has 0 fully saturated rings. The van der Waals surface area contributed by atoms with Crippen molar-refractivity contribution in [3.63, 3.8) is 0 Å². The van der Waals surface area contributed by atoms with Gasteiger partial charge in [-0.15, -0.1) is 0 Å². The number of hydrogen-bond acceptors (Lipinski definition) is 3. The number of allylic oxidation sites excluding steroid dienone is 2. The van der Waals surface area contributed by atoms with Gasteiger partial charge in [0.2, 0.25) is 0 Å². The molecule has 96 valence electrons. The van der Waals surface area contributed by atoms with E-state index in [1.54, 1.807) is 0 Å². The Morgan fingerprint density at radius 3 is 2.12 bits per heavy atom. The molecule has 0 aromatic heterocycles. The lowest BCUT2D eigenvalue weighted by atomic mass is 10.1. The van der Waals surface area contributed by atoms with Gasteiger partial charge >= 0.3 is 11.9 Å². The van der Waals surface area contributed by atoms with Gasteiger partial charge < -0.3 is 4.74 Å². The zero-order valence-electron chi connectivity index (χ0n) is 10.5. The molecule has 3 nitrogen and oxygen atoms in total. The van der Waals surface area contributed by atoms with E-state index in [2.05, 4.69) is 6.08 Å². The summed E-state index contributed by atoms with van der Waals surface area (Å²) in [6, 6.07) is 0. The van der Waals surface area contributed by atoms with Gasteiger partial charge in [0, 0.05) is 12.8 Å².